The summed E-state index contributed by atoms with van der Waals surface area (Å²) in [5, 5.41) is 3.54. The summed E-state index contributed by atoms with van der Waals surface area (Å²) in [6.07, 6.45) is 3.06. The molecule has 15 heavy (non-hydrogen) atoms. The first-order chi connectivity index (χ1) is 7.24. The van der Waals surface area contributed by atoms with Crippen molar-refractivity contribution in [3.63, 3.8) is 0 Å². The van der Waals surface area contributed by atoms with Crippen molar-refractivity contribution in [1.82, 2.24) is 5.32 Å². The first kappa shape index (κ1) is 12.0. The molecule has 0 aliphatic carbocycles. The molecule has 0 fully saturated rings. The van der Waals surface area contributed by atoms with E-state index in [4.69, 9.17) is 0 Å². The van der Waals surface area contributed by atoms with E-state index in [1.165, 1.54) is 5.56 Å². The highest BCUT2D eigenvalue weighted by Gasteiger charge is 2.09. The monoisotopic (exact) mass is 203 g/mol. The van der Waals surface area contributed by atoms with Crippen LogP contribution in [-0.4, -0.2) is 6.04 Å². The van der Waals surface area contributed by atoms with E-state index in [-0.39, 0.29) is 0 Å². The number of allylic oxidation sites excluding steroid dienone is 1. The number of benzene rings is 1. The number of hydrogen-bond acceptors (Lipinski definition) is 1. The Kier molecular flexibility index (Phi) is 5.13. The second-order valence-electron chi connectivity index (χ2n) is 4.16. The van der Waals surface area contributed by atoms with Crippen molar-refractivity contribution in [3.05, 3.63) is 48.6 Å². The van der Waals surface area contributed by atoms with Crippen LogP contribution in [0.3, 0.4) is 0 Å². The Morgan fingerprint density at radius 2 is 1.93 bits per heavy atom. The molecule has 0 bridgehead atoms. The molecule has 82 valence electrons. The van der Waals surface area contributed by atoms with Crippen LogP contribution >= 0.6 is 0 Å². The van der Waals surface area contributed by atoms with Gasteiger partial charge in [-0.05, 0) is 24.8 Å². The van der Waals surface area contributed by atoms with Crippen molar-refractivity contribution >= 4 is 0 Å². The smallest absolute Gasteiger partial charge is 0.0208 e. The lowest BCUT2D eigenvalue weighted by Gasteiger charge is -2.20. The number of rotatable bonds is 6. The zero-order chi connectivity index (χ0) is 11.1. The Bertz CT molecular complexity index is 279. The van der Waals surface area contributed by atoms with Gasteiger partial charge in [-0.3, -0.25) is 0 Å². The topological polar surface area (TPSA) is 12.0 Å². The molecule has 1 heteroatoms. The van der Waals surface area contributed by atoms with E-state index in [1.54, 1.807) is 0 Å². The molecule has 1 nitrogen and oxygen atoms in total. The first-order valence-electron chi connectivity index (χ1n) is 5.62. The van der Waals surface area contributed by atoms with Gasteiger partial charge in [-0.15, -0.1) is 6.58 Å². The normalized spacial score (nSPS) is 14.5. The fourth-order valence-electron chi connectivity index (χ4n) is 1.54. The molecule has 1 aromatic rings. The Morgan fingerprint density at radius 1 is 1.27 bits per heavy atom. The van der Waals surface area contributed by atoms with Crippen LogP contribution in [0.2, 0.25) is 0 Å². The molecule has 0 heterocycles. The van der Waals surface area contributed by atoms with E-state index in [0.717, 1.165) is 13.0 Å². The SMILES string of the molecule is C=CCC(C)C(C)NCc1ccccc1. The van der Waals surface area contributed by atoms with Crippen LogP contribution in [0, 0.1) is 5.92 Å². The summed E-state index contributed by atoms with van der Waals surface area (Å²) in [7, 11) is 0. The molecular formula is C14H21N. The summed E-state index contributed by atoms with van der Waals surface area (Å²) in [5.74, 6) is 0.645. The molecule has 0 amide bonds. The van der Waals surface area contributed by atoms with Gasteiger partial charge in [0, 0.05) is 12.6 Å². The molecule has 0 saturated heterocycles. The summed E-state index contributed by atoms with van der Waals surface area (Å²) >= 11 is 0. The maximum Gasteiger partial charge on any atom is 0.0208 e. The highest BCUT2D eigenvalue weighted by molar-refractivity contribution is 5.14. The van der Waals surface area contributed by atoms with Gasteiger partial charge in [0.1, 0.15) is 0 Å². The van der Waals surface area contributed by atoms with Crippen molar-refractivity contribution < 1.29 is 0 Å². The Morgan fingerprint density at radius 3 is 2.53 bits per heavy atom. The largest absolute Gasteiger partial charge is 0.310 e. The molecule has 1 N–H and O–H groups in total. The van der Waals surface area contributed by atoms with Gasteiger partial charge in [0.25, 0.3) is 0 Å². The molecule has 0 spiro atoms. The minimum absolute atomic E-state index is 0.531. The molecule has 0 aliphatic rings. The number of nitrogens with one attached hydrogen (secondary N) is 1. The Labute approximate surface area is 93.2 Å². The molecule has 1 aromatic carbocycles. The second-order valence-corrected chi connectivity index (χ2v) is 4.16. The van der Waals surface area contributed by atoms with E-state index < -0.39 is 0 Å². The lowest BCUT2D eigenvalue weighted by molar-refractivity contribution is 0.402. The van der Waals surface area contributed by atoms with Crippen molar-refractivity contribution in [3.8, 4) is 0 Å². The van der Waals surface area contributed by atoms with E-state index >= 15 is 0 Å². The van der Waals surface area contributed by atoms with Gasteiger partial charge in [-0.2, -0.15) is 0 Å². The third-order valence-corrected chi connectivity index (χ3v) is 2.86. The number of hydrogen-bond donors (Lipinski definition) is 1. The fourth-order valence-corrected chi connectivity index (χ4v) is 1.54. The summed E-state index contributed by atoms with van der Waals surface area (Å²) in [6.45, 7) is 9.21. The fraction of sp³-hybridized carbons (Fsp3) is 0.429. The molecule has 0 saturated carbocycles. The lowest BCUT2D eigenvalue weighted by Crippen LogP contribution is -2.31. The standard InChI is InChI=1S/C14H21N/c1-4-8-12(2)13(3)15-11-14-9-6-5-7-10-14/h4-7,9-10,12-13,15H,1,8,11H2,2-3H3. The van der Waals surface area contributed by atoms with Gasteiger partial charge in [0.15, 0.2) is 0 Å². The van der Waals surface area contributed by atoms with Crippen molar-refractivity contribution in [2.75, 3.05) is 0 Å². The van der Waals surface area contributed by atoms with Gasteiger partial charge in [0.05, 0.1) is 0 Å². The van der Waals surface area contributed by atoms with Gasteiger partial charge >= 0.3 is 0 Å². The van der Waals surface area contributed by atoms with E-state index in [0.29, 0.717) is 12.0 Å². The quantitative estimate of drug-likeness (QED) is 0.699. The van der Waals surface area contributed by atoms with Crippen LogP contribution in [0.5, 0.6) is 0 Å². The molecule has 0 aromatic heterocycles. The zero-order valence-electron chi connectivity index (χ0n) is 9.74. The van der Waals surface area contributed by atoms with E-state index in [2.05, 4.69) is 50.0 Å². The minimum atomic E-state index is 0.531. The average molecular weight is 203 g/mol. The average Bonchev–Trinajstić information content (AvgIpc) is 2.27. The van der Waals surface area contributed by atoms with Crippen LogP contribution in [-0.2, 0) is 6.54 Å². The van der Waals surface area contributed by atoms with Crippen LogP contribution in [0.4, 0.5) is 0 Å². The maximum atomic E-state index is 3.77. The minimum Gasteiger partial charge on any atom is -0.310 e. The summed E-state index contributed by atoms with van der Waals surface area (Å²) in [4.78, 5) is 0. The molecule has 0 radical (unpaired) electrons. The summed E-state index contributed by atoms with van der Waals surface area (Å²) < 4.78 is 0. The van der Waals surface area contributed by atoms with Gasteiger partial charge in [-0.1, -0.05) is 43.3 Å². The Balaban J connectivity index is 2.34. The summed E-state index contributed by atoms with van der Waals surface area (Å²) in [5.41, 5.74) is 1.34. The predicted molar refractivity (Wildman–Crippen MR) is 66.7 cm³/mol. The van der Waals surface area contributed by atoms with E-state index in [1.807, 2.05) is 12.1 Å². The van der Waals surface area contributed by atoms with Gasteiger partial charge in [0.2, 0.25) is 0 Å². The van der Waals surface area contributed by atoms with Gasteiger partial charge in [-0.25, -0.2) is 0 Å². The van der Waals surface area contributed by atoms with E-state index in [9.17, 15) is 0 Å². The molecule has 2 atom stereocenters. The maximum absolute atomic E-state index is 3.77. The van der Waals surface area contributed by atoms with Crippen LogP contribution in [0.15, 0.2) is 43.0 Å². The predicted octanol–water partition coefficient (Wildman–Crippen LogP) is 3.38. The zero-order valence-corrected chi connectivity index (χ0v) is 9.74. The Hall–Kier alpha value is -1.08. The first-order valence-corrected chi connectivity index (χ1v) is 5.62. The lowest BCUT2D eigenvalue weighted by atomic mass is 10.00. The van der Waals surface area contributed by atoms with Gasteiger partial charge < -0.3 is 5.32 Å². The summed E-state index contributed by atoms with van der Waals surface area (Å²) in [6, 6.07) is 11.0. The third kappa shape index (κ3) is 4.30. The molecule has 1 rings (SSSR count). The van der Waals surface area contributed by atoms with Crippen molar-refractivity contribution in [1.29, 1.82) is 0 Å². The van der Waals surface area contributed by atoms with Crippen LogP contribution in [0.1, 0.15) is 25.8 Å². The van der Waals surface area contributed by atoms with Crippen LogP contribution < -0.4 is 5.32 Å². The second kappa shape index (κ2) is 6.41. The van der Waals surface area contributed by atoms with Crippen molar-refractivity contribution in [2.45, 2.75) is 32.9 Å². The molecular weight excluding hydrogens is 182 g/mol. The highest BCUT2D eigenvalue weighted by atomic mass is 14.9. The van der Waals surface area contributed by atoms with Crippen molar-refractivity contribution in [2.24, 2.45) is 5.92 Å². The molecule has 0 aliphatic heterocycles. The molecule has 2 unspecified atom stereocenters. The highest BCUT2D eigenvalue weighted by Crippen LogP contribution is 2.09. The van der Waals surface area contributed by atoms with Crippen LogP contribution in [0.25, 0.3) is 0 Å². The third-order valence-electron chi connectivity index (χ3n) is 2.86.